The second-order valence-corrected chi connectivity index (χ2v) is 4.98. The summed E-state index contributed by atoms with van der Waals surface area (Å²) in [5, 5.41) is 16.8. The average Bonchev–Trinajstić information content (AvgIpc) is 3.08. The lowest BCUT2D eigenvalue weighted by Gasteiger charge is -2.09. The quantitative estimate of drug-likeness (QED) is 0.455. The first kappa shape index (κ1) is 18.6. The van der Waals surface area contributed by atoms with E-state index in [0.29, 0.717) is 0 Å². The van der Waals surface area contributed by atoms with Gasteiger partial charge in [-0.05, 0) is 18.2 Å². The molecule has 0 fully saturated rings. The molecule has 11 nitrogen and oxygen atoms in total. The molecule has 1 heterocycles. The zero-order valence-corrected chi connectivity index (χ0v) is 13.8. The predicted octanol–water partition coefficient (Wildman–Crippen LogP) is 1.00. The van der Waals surface area contributed by atoms with Crippen LogP contribution in [-0.4, -0.2) is 46.8 Å². The van der Waals surface area contributed by atoms with E-state index in [-0.39, 0.29) is 29.0 Å². The number of aromatic nitrogens is 2. The van der Waals surface area contributed by atoms with Gasteiger partial charge in [0.1, 0.15) is 18.9 Å². The Morgan fingerprint density at radius 1 is 1.15 bits per heavy atom. The number of carbonyl (C=O) groups is 3. The summed E-state index contributed by atoms with van der Waals surface area (Å²) in [6.07, 6.45) is 2.12. The molecule has 0 bridgehead atoms. The van der Waals surface area contributed by atoms with Crippen LogP contribution >= 0.6 is 0 Å². The summed E-state index contributed by atoms with van der Waals surface area (Å²) in [4.78, 5) is 45.5. The standard InChI is InChI=1S/C15H14N4O7/c1-25-14(21)9-3-10(15(22)26-2)5-11(4-9)17-13(20)8-18-7-12(6-16-18)19(23)24/h3-7H,8H2,1-2H3,(H,17,20). The van der Waals surface area contributed by atoms with Crippen molar-refractivity contribution in [3.8, 4) is 0 Å². The summed E-state index contributed by atoms with van der Waals surface area (Å²) in [7, 11) is 2.35. The van der Waals surface area contributed by atoms with Crippen molar-refractivity contribution in [3.05, 3.63) is 51.8 Å². The zero-order valence-electron chi connectivity index (χ0n) is 13.8. The van der Waals surface area contributed by atoms with Crippen molar-refractivity contribution in [3.63, 3.8) is 0 Å². The summed E-state index contributed by atoms with van der Waals surface area (Å²) < 4.78 is 10.3. The zero-order chi connectivity index (χ0) is 19.3. The number of nitrogens with zero attached hydrogens (tertiary/aromatic N) is 3. The number of methoxy groups -OCH3 is 2. The van der Waals surface area contributed by atoms with Crippen molar-refractivity contribution in [1.29, 1.82) is 0 Å². The molecular weight excluding hydrogens is 348 g/mol. The van der Waals surface area contributed by atoms with E-state index in [2.05, 4.69) is 19.9 Å². The molecule has 0 atom stereocenters. The number of rotatable bonds is 6. The third-order valence-corrected chi connectivity index (χ3v) is 3.20. The number of hydrogen-bond donors (Lipinski definition) is 1. The van der Waals surface area contributed by atoms with Crippen molar-refractivity contribution in [2.75, 3.05) is 19.5 Å². The minimum Gasteiger partial charge on any atom is -0.465 e. The van der Waals surface area contributed by atoms with Gasteiger partial charge in [-0.1, -0.05) is 0 Å². The van der Waals surface area contributed by atoms with Crippen LogP contribution in [-0.2, 0) is 20.8 Å². The summed E-state index contributed by atoms with van der Waals surface area (Å²) in [5.74, 6) is -1.97. The molecule has 1 amide bonds. The Morgan fingerprint density at radius 2 is 1.73 bits per heavy atom. The lowest BCUT2D eigenvalue weighted by molar-refractivity contribution is -0.385. The van der Waals surface area contributed by atoms with Crippen molar-refractivity contribution < 1.29 is 28.8 Å². The van der Waals surface area contributed by atoms with Crippen molar-refractivity contribution in [2.45, 2.75) is 6.54 Å². The van der Waals surface area contributed by atoms with Crippen LogP contribution in [0.25, 0.3) is 0 Å². The number of anilines is 1. The molecule has 0 spiro atoms. The van der Waals surface area contributed by atoms with Crippen LogP contribution in [0.5, 0.6) is 0 Å². The van der Waals surface area contributed by atoms with E-state index in [0.717, 1.165) is 17.1 Å². The molecule has 0 aliphatic carbocycles. The van der Waals surface area contributed by atoms with Gasteiger partial charge in [-0.15, -0.1) is 0 Å². The van der Waals surface area contributed by atoms with Gasteiger partial charge in [0.05, 0.1) is 30.3 Å². The van der Waals surface area contributed by atoms with Crippen LogP contribution in [0.15, 0.2) is 30.6 Å². The number of nitro groups is 1. The fourth-order valence-corrected chi connectivity index (χ4v) is 2.05. The molecular formula is C15H14N4O7. The summed E-state index contributed by atoms with van der Waals surface area (Å²) in [5.41, 5.74) is -0.0146. The molecule has 1 aromatic carbocycles. The normalized spacial score (nSPS) is 10.1. The monoisotopic (exact) mass is 362 g/mol. The molecule has 26 heavy (non-hydrogen) atoms. The molecule has 11 heteroatoms. The largest absolute Gasteiger partial charge is 0.465 e. The Kier molecular flexibility index (Phi) is 5.63. The molecule has 136 valence electrons. The lowest BCUT2D eigenvalue weighted by atomic mass is 10.1. The molecule has 2 rings (SSSR count). The van der Waals surface area contributed by atoms with Gasteiger partial charge < -0.3 is 14.8 Å². The molecule has 0 saturated heterocycles. The highest BCUT2D eigenvalue weighted by molar-refractivity contribution is 5.99. The summed E-state index contributed by atoms with van der Waals surface area (Å²) >= 11 is 0. The van der Waals surface area contributed by atoms with Crippen molar-refractivity contribution in [1.82, 2.24) is 9.78 Å². The Hall–Kier alpha value is -3.76. The van der Waals surface area contributed by atoms with Crippen molar-refractivity contribution >= 4 is 29.2 Å². The average molecular weight is 362 g/mol. The van der Waals surface area contributed by atoms with Crippen LogP contribution in [0, 0.1) is 10.1 Å². The molecule has 2 aromatic rings. The number of ether oxygens (including phenoxy) is 2. The third kappa shape index (κ3) is 4.41. The van der Waals surface area contributed by atoms with Gasteiger partial charge in [-0.2, -0.15) is 5.10 Å². The number of nitrogens with one attached hydrogen (secondary N) is 1. The Balaban J connectivity index is 2.20. The first-order valence-corrected chi connectivity index (χ1v) is 7.12. The van der Waals surface area contributed by atoms with Crippen LogP contribution < -0.4 is 5.32 Å². The fraction of sp³-hybridized carbons (Fsp3) is 0.200. The smallest absolute Gasteiger partial charge is 0.337 e. The van der Waals surface area contributed by atoms with Crippen LogP contribution in [0.4, 0.5) is 11.4 Å². The SMILES string of the molecule is COC(=O)c1cc(NC(=O)Cn2cc([N+](=O)[O-])cn2)cc(C(=O)OC)c1. The van der Waals surface area contributed by atoms with Gasteiger partial charge in [0.15, 0.2) is 0 Å². The first-order chi connectivity index (χ1) is 12.3. The second-order valence-electron chi connectivity index (χ2n) is 4.98. The van der Waals surface area contributed by atoms with Gasteiger partial charge in [-0.3, -0.25) is 19.6 Å². The van der Waals surface area contributed by atoms with E-state index < -0.39 is 22.8 Å². The molecule has 0 aliphatic rings. The van der Waals surface area contributed by atoms with Gasteiger partial charge in [0, 0.05) is 5.69 Å². The maximum atomic E-state index is 12.1. The van der Waals surface area contributed by atoms with E-state index in [1.54, 1.807) is 0 Å². The number of amides is 1. The first-order valence-electron chi connectivity index (χ1n) is 7.12. The third-order valence-electron chi connectivity index (χ3n) is 3.20. The molecule has 0 unspecified atom stereocenters. The van der Waals surface area contributed by atoms with E-state index in [4.69, 9.17) is 0 Å². The highest BCUT2D eigenvalue weighted by atomic mass is 16.6. The van der Waals surface area contributed by atoms with E-state index in [1.807, 2.05) is 0 Å². The Morgan fingerprint density at radius 3 is 2.19 bits per heavy atom. The van der Waals surface area contributed by atoms with Crippen molar-refractivity contribution in [2.24, 2.45) is 0 Å². The topological polar surface area (TPSA) is 143 Å². The van der Waals surface area contributed by atoms with Crippen LogP contribution in [0.3, 0.4) is 0 Å². The Labute approximate surface area is 146 Å². The van der Waals surface area contributed by atoms with E-state index in [9.17, 15) is 24.5 Å². The maximum absolute atomic E-state index is 12.1. The minimum absolute atomic E-state index is 0.0421. The van der Waals surface area contributed by atoms with Gasteiger partial charge >= 0.3 is 17.6 Å². The number of benzene rings is 1. The molecule has 1 aromatic heterocycles. The van der Waals surface area contributed by atoms with Gasteiger partial charge in [0.2, 0.25) is 5.91 Å². The minimum atomic E-state index is -0.700. The van der Waals surface area contributed by atoms with Gasteiger partial charge in [0.25, 0.3) is 0 Å². The van der Waals surface area contributed by atoms with Gasteiger partial charge in [-0.25, -0.2) is 9.59 Å². The summed E-state index contributed by atoms with van der Waals surface area (Å²) in [6, 6.07) is 3.91. The summed E-state index contributed by atoms with van der Waals surface area (Å²) in [6.45, 7) is -0.302. The molecule has 1 N–H and O–H groups in total. The second kappa shape index (κ2) is 7.88. The lowest BCUT2D eigenvalue weighted by Crippen LogP contribution is -2.19. The predicted molar refractivity (Wildman–Crippen MR) is 86.6 cm³/mol. The molecule has 0 saturated carbocycles. The highest BCUT2D eigenvalue weighted by Gasteiger charge is 2.16. The highest BCUT2D eigenvalue weighted by Crippen LogP contribution is 2.17. The number of hydrogen-bond acceptors (Lipinski definition) is 8. The Bertz CT molecular complexity index is 840. The molecule has 0 radical (unpaired) electrons. The van der Waals surface area contributed by atoms with E-state index in [1.165, 1.54) is 32.4 Å². The fourth-order valence-electron chi connectivity index (χ4n) is 2.05. The van der Waals surface area contributed by atoms with E-state index >= 15 is 0 Å². The van der Waals surface area contributed by atoms with Crippen LogP contribution in [0.1, 0.15) is 20.7 Å². The number of esters is 2. The number of carbonyl (C=O) groups excluding carboxylic acids is 3. The molecule has 0 aliphatic heterocycles. The maximum Gasteiger partial charge on any atom is 0.337 e. The van der Waals surface area contributed by atoms with Crippen LogP contribution in [0.2, 0.25) is 0 Å².